The van der Waals surface area contributed by atoms with Gasteiger partial charge in [-0.05, 0) is 25.7 Å². The first-order chi connectivity index (χ1) is 34.0. The zero-order chi connectivity index (χ0) is 50.0. The molecule has 0 aromatic rings. The van der Waals surface area contributed by atoms with E-state index in [0.29, 0.717) is 25.9 Å². The van der Waals surface area contributed by atoms with Crippen molar-refractivity contribution < 1.29 is 24.5 Å². The summed E-state index contributed by atoms with van der Waals surface area (Å²) in [5, 5.41) is 23.2. The van der Waals surface area contributed by atoms with Crippen molar-refractivity contribution in [1.29, 1.82) is 0 Å². The van der Waals surface area contributed by atoms with Crippen molar-refractivity contribution in [2.45, 2.75) is 379 Å². The molecule has 2 atom stereocenters. The van der Waals surface area contributed by atoms with Gasteiger partial charge in [0.2, 0.25) is 5.91 Å². The zero-order valence-electron chi connectivity index (χ0n) is 47.1. The van der Waals surface area contributed by atoms with Gasteiger partial charge in [-0.1, -0.05) is 328 Å². The van der Waals surface area contributed by atoms with Gasteiger partial charge in [-0.2, -0.15) is 0 Å². The van der Waals surface area contributed by atoms with Crippen molar-refractivity contribution in [2.75, 3.05) is 13.2 Å². The molecule has 6 heteroatoms. The topological polar surface area (TPSA) is 95.9 Å². The monoisotopic (exact) mass is 976 g/mol. The van der Waals surface area contributed by atoms with E-state index in [4.69, 9.17) is 4.74 Å². The molecule has 0 saturated heterocycles. The molecule has 6 nitrogen and oxygen atoms in total. The van der Waals surface area contributed by atoms with E-state index >= 15 is 0 Å². The number of hydrogen-bond acceptors (Lipinski definition) is 5. The number of carbonyl (C=O) groups is 2. The molecule has 412 valence electrons. The summed E-state index contributed by atoms with van der Waals surface area (Å²) in [6, 6.07) is -0.539. The third-order valence-corrected chi connectivity index (χ3v) is 15.2. The molecule has 0 bridgehead atoms. The molecule has 0 aliphatic carbocycles. The minimum Gasteiger partial charge on any atom is -0.466 e. The number of hydrogen-bond donors (Lipinski definition) is 3. The second kappa shape index (κ2) is 59.4. The number of ether oxygens (including phenoxy) is 1. The van der Waals surface area contributed by atoms with Crippen molar-refractivity contribution in [3.8, 4) is 0 Å². The number of rotatable bonds is 60. The Morgan fingerprint density at radius 1 is 0.348 bits per heavy atom. The number of amides is 1. The lowest BCUT2D eigenvalue weighted by atomic mass is 10.0. The molecule has 0 spiro atoms. The van der Waals surface area contributed by atoms with E-state index in [9.17, 15) is 19.8 Å². The van der Waals surface area contributed by atoms with E-state index in [0.717, 1.165) is 38.5 Å². The highest BCUT2D eigenvalue weighted by Crippen LogP contribution is 2.19. The molecule has 0 saturated carbocycles. The summed E-state index contributed by atoms with van der Waals surface area (Å²) in [5.74, 6) is -0.0132. The average Bonchev–Trinajstić information content (AvgIpc) is 3.35. The summed E-state index contributed by atoms with van der Waals surface area (Å²) in [6.07, 6.45) is 69.8. The van der Waals surface area contributed by atoms with Gasteiger partial charge in [-0.25, -0.2) is 0 Å². The molecule has 0 fully saturated rings. The quantitative estimate of drug-likeness (QED) is 0.0417. The Kier molecular flexibility index (Phi) is 58.4. The first-order valence-electron chi connectivity index (χ1n) is 31.8. The Labute approximate surface area is 432 Å². The van der Waals surface area contributed by atoms with Gasteiger partial charge in [0.1, 0.15) is 0 Å². The number of aliphatic hydroxyl groups excluding tert-OH is 2. The fourth-order valence-electron chi connectivity index (χ4n) is 10.3. The summed E-state index contributed by atoms with van der Waals surface area (Å²) in [6.45, 7) is 4.98. The standard InChI is InChI=1S/C63H125NO5/c1-3-5-7-9-11-13-15-17-18-26-30-33-37-41-45-49-53-57-63(68)69-58-54-50-46-42-38-34-31-28-25-23-21-19-20-22-24-27-29-32-36-40-44-48-52-56-62(67)64-60(59-65)61(66)55-51-47-43-39-35-16-14-12-10-8-6-4-2/h60-61,65-66H,3-59H2,1-2H3,(H,64,67). The minimum atomic E-state index is -0.661. The molecule has 3 N–H and O–H groups in total. The van der Waals surface area contributed by atoms with Crippen LogP contribution < -0.4 is 5.32 Å². The van der Waals surface area contributed by atoms with Crippen LogP contribution >= 0.6 is 0 Å². The molecule has 69 heavy (non-hydrogen) atoms. The van der Waals surface area contributed by atoms with Crippen molar-refractivity contribution in [1.82, 2.24) is 5.32 Å². The lowest BCUT2D eigenvalue weighted by Gasteiger charge is -2.22. The Morgan fingerprint density at radius 2 is 0.594 bits per heavy atom. The van der Waals surface area contributed by atoms with Gasteiger partial charge in [0.15, 0.2) is 0 Å². The van der Waals surface area contributed by atoms with E-state index in [2.05, 4.69) is 19.2 Å². The van der Waals surface area contributed by atoms with Crippen molar-refractivity contribution in [3.63, 3.8) is 0 Å². The van der Waals surface area contributed by atoms with Crippen LogP contribution in [0.25, 0.3) is 0 Å². The van der Waals surface area contributed by atoms with Gasteiger partial charge in [-0.3, -0.25) is 9.59 Å². The number of unbranched alkanes of at least 4 members (excludes halogenated alkanes) is 49. The number of esters is 1. The highest BCUT2D eigenvalue weighted by Gasteiger charge is 2.20. The molecular weight excluding hydrogens is 851 g/mol. The van der Waals surface area contributed by atoms with Gasteiger partial charge < -0.3 is 20.3 Å². The van der Waals surface area contributed by atoms with Crippen LogP contribution in [0.15, 0.2) is 0 Å². The predicted molar refractivity (Wildman–Crippen MR) is 301 cm³/mol. The van der Waals surface area contributed by atoms with E-state index in [1.807, 2.05) is 0 Å². The summed E-state index contributed by atoms with van der Waals surface area (Å²) in [7, 11) is 0. The Balaban J connectivity index is 3.32. The number of aliphatic hydroxyl groups is 2. The Bertz CT molecular complexity index is 990. The van der Waals surface area contributed by atoms with Crippen molar-refractivity contribution in [2.24, 2.45) is 0 Å². The maximum Gasteiger partial charge on any atom is 0.305 e. The first kappa shape index (κ1) is 67.9. The second-order valence-electron chi connectivity index (χ2n) is 22.1. The second-order valence-corrected chi connectivity index (χ2v) is 22.1. The lowest BCUT2D eigenvalue weighted by molar-refractivity contribution is -0.143. The molecule has 2 unspecified atom stereocenters. The lowest BCUT2D eigenvalue weighted by Crippen LogP contribution is -2.45. The SMILES string of the molecule is CCCCCCCCCCCCCCCCCCCC(=O)OCCCCCCCCCCCCCCCCCCCCCCCCCC(=O)NC(CO)C(O)CCCCCCCCCCCCCC. The Morgan fingerprint density at radius 3 is 0.884 bits per heavy atom. The maximum atomic E-state index is 12.5. The summed E-state index contributed by atoms with van der Waals surface area (Å²) in [5.41, 5.74) is 0. The summed E-state index contributed by atoms with van der Waals surface area (Å²) in [4.78, 5) is 24.5. The highest BCUT2D eigenvalue weighted by molar-refractivity contribution is 5.76. The summed E-state index contributed by atoms with van der Waals surface area (Å²) < 4.78 is 5.50. The van der Waals surface area contributed by atoms with Crippen LogP contribution in [0.1, 0.15) is 367 Å². The molecule has 0 aliphatic rings. The zero-order valence-corrected chi connectivity index (χ0v) is 47.1. The van der Waals surface area contributed by atoms with Crippen LogP contribution in [0.5, 0.6) is 0 Å². The molecule has 0 radical (unpaired) electrons. The fourth-order valence-corrected chi connectivity index (χ4v) is 10.3. The molecular formula is C63H125NO5. The van der Waals surface area contributed by atoms with Crippen LogP contribution in [0, 0.1) is 0 Å². The van der Waals surface area contributed by atoms with Crippen LogP contribution in [0.3, 0.4) is 0 Å². The third kappa shape index (κ3) is 56.0. The smallest absolute Gasteiger partial charge is 0.305 e. The number of nitrogens with one attached hydrogen (secondary N) is 1. The molecule has 0 aromatic heterocycles. The van der Waals surface area contributed by atoms with Crippen molar-refractivity contribution >= 4 is 11.9 Å². The minimum absolute atomic E-state index is 0.0193. The van der Waals surface area contributed by atoms with Gasteiger partial charge in [0, 0.05) is 12.8 Å². The van der Waals surface area contributed by atoms with E-state index in [1.165, 1.54) is 295 Å². The third-order valence-electron chi connectivity index (χ3n) is 15.2. The van der Waals surface area contributed by atoms with Crippen LogP contribution in [0.2, 0.25) is 0 Å². The van der Waals surface area contributed by atoms with Crippen LogP contribution in [0.4, 0.5) is 0 Å². The fraction of sp³-hybridized carbons (Fsp3) is 0.968. The van der Waals surface area contributed by atoms with Crippen LogP contribution in [-0.2, 0) is 14.3 Å². The van der Waals surface area contributed by atoms with E-state index in [-0.39, 0.29) is 18.5 Å². The molecule has 1 amide bonds. The molecule has 0 rings (SSSR count). The van der Waals surface area contributed by atoms with Gasteiger partial charge in [-0.15, -0.1) is 0 Å². The van der Waals surface area contributed by atoms with Gasteiger partial charge in [0.05, 0.1) is 25.4 Å². The Hall–Kier alpha value is -1.14. The van der Waals surface area contributed by atoms with Gasteiger partial charge in [0.25, 0.3) is 0 Å². The summed E-state index contributed by atoms with van der Waals surface area (Å²) >= 11 is 0. The molecule has 0 heterocycles. The van der Waals surface area contributed by atoms with E-state index in [1.54, 1.807) is 0 Å². The first-order valence-corrected chi connectivity index (χ1v) is 31.8. The highest BCUT2D eigenvalue weighted by atomic mass is 16.5. The number of carbonyl (C=O) groups excluding carboxylic acids is 2. The van der Waals surface area contributed by atoms with Gasteiger partial charge >= 0.3 is 5.97 Å². The van der Waals surface area contributed by atoms with Crippen LogP contribution in [-0.4, -0.2) is 47.4 Å². The normalized spacial score (nSPS) is 12.5. The van der Waals surface area contributed by atoms with Crippen molar-refractivity contribution in [3.05, 3.63) is 0 Å². The largest absolute Gasteiger partial charge is 0.466 e. The average molecular weight is 977 g/mol. The van der Waals surface area contributed by atoms with E-state index < -0.39 is 12.1 Å². The maximum absolute atomic E-state index is 12.5. The molecule has 0 aliphatic heterocycles. The predicted octanol–water partition coefficient (Wildman–Crippen LogP) is 19.9. The molecule has 0 aromatic carbocycles.